The first-order chi connectivity index (χ1) is 14.7. The third kappa shape index (κ3) is 3.78. The minimum Gasteiger partial charge on any atom is -0.493 e. The maximum Gasteiger partial charge on any atom is 0.272 e. The molecule has 0 saturated carbocycles. The van der Waals surface area contributed by atoms with Gasteiger partial charge >= 0.3 is 0 Å². The number of morpholine rings is 1. The first-order valence-corrected chi connectivity index (χ1v) is 11.7. The SMILES string of the molecule is COc1cc2c(cc1OC(C)C)N1C(=C(C(=O)N3CCOCC3(C)C)N(C)C1Br)CC2. The molecule has 7 nitrogen and oxygen atoms in total. The smallest absolute Gasteiger partial charge is 0.272 e. The summed E-state index contributed by atoms with van der Waals surface area (Å²) in [6.45, 7) is 9.84. The maximum absolute atomic E-state index is 13.7. The number of methoxy groups -OCH3 is 1. The number of nitrogens with zero attached hydrogens (tertiary/aromatic N) is 3. The Bertz CT molecular complexity index is 914. The minimum absolute atomic E-state index is 0.0345. The van der Waals surface area contributed by atoms with E-state index in [1.807, 2.05) is 36.8 Å². The average Bonchev–Trinajstić information content (AvgIpc) is 2.97. The van der Waals surface area contributed by atoms with E-state index >= 15 is 0 Å². The summed E-state index contributed by atoms with van der Waals surface area (Å²) in [5.74, 6) is 1.52. The van der Waals surface area contributed by atoms with Crippen LogP contribution in [0.3, 0.4) is 0 Å². The highest BCUT2D eigenvalue weighted by molar-refractivity contribution is 9.09. The molecule has 1 amide bonds. The monoisotopic (exact) mass is 493 g/mol. The molecule has 0 radical (unpaired) electrons. The van der Waals surface area contributed by atoms with Gasteiger partial charge in [-0.25, -0.2) is 0 Å². The number of hydrogen-bond donors (Lipinski definition) is 0. The van der Waals surface area contributed by atoms with E-state index < -0.39 is 0 Å². The fourth-order valence-electron chi connectivity index (χ4n) is 4.64. The van der Waals surface area contributed by atoms with Crippen molar-refractivity contribution in [1.29, 1.82) is 0 Å². The number of fused-ring (bicyclic) bond motifs is 3. The van der Waals surface area contributed by atoms with Crippen LogP contribution in [0.15, 0.2) is 23.5 Å². The number of carbonyl (C=O) groups is 1. The van der Waals surface area contributed by atoms with Crippen LogP contribution in [-0.2, 0) is 16.0 Å². The Morgan fingerprint density at radius 1 is 1.26 bits per heavy atom. The molecule has 170 valence electrons. The summed E-state index contributed by atoms with van der Waals surface area (Å²) in [5, 5.41) is -0.148. The van der Waals surface area contributed by atoms with Crippen molar-refractivity contribution in [2.45, 2.75) is 57.3 Å². The van der Waals surface area contributed by atoms with Gasteiger partial charge in [-0.15, -0.1) is 0 Å². The normalized spacial score (nSPS) is 22.6. The standard InChI is InChI=1S/C23H32BrN3O4/c1-14(2)31-19-12-17-15(11-18(19)29-6)7-8-16-20(25(5)22(24)27(16)17)21(28)26-9-10-30-13-23(26,3)4/h11-12,14,22H,7-10,13H2,1-6H3. The van der Waals surface area contributed by atoms with Crippen LogP contribution in [-0.4, -0.2) is 66.3 Å². The molecule has 0 spiro atoms. The molecule has 0 N–H and O–H groups in total. The first kappa shape index (κ1) is 22.3. The lowest BCUT2D eigenvalue weighted by molar-refractivity contribution is -0.143. The summed E-state index contributed by atoms with van der Waals surface area (Å²) in [7, 11) is 3.64. The van der Waals surface area contributed by atoms with E-state index in [1.54, 1.807) is 7.11 Å². The molecule has 0 bridgehead atoms. The number of alkyl halides is 1. The second-order valence-electron chi connectivity index (χ2n) is 9.21. The van der Waals surface area contributed by atoms with Crippen LogP contribution < -0.4 is 14.4 Å². The van der Waals surface area contributed by atoms with Crippen molar-refractivity contribution < 1.29 is 19.0 Å². The molecule has 1 fully saturated rings. The van der Waals surface area contributed by atoms with Gasteiger partial charge < -0.3 is 28.9 Å². The Morgan fingerprint density at radius 2 is 2.00 bits per heavy atom. The number of benzene rings is 1. The first-order valence-electron chi connectivity index (χ1n) is 10.8. The van der Waals surface area contributed by atoms with Gasteiger partial charge in [-0.2, -0.15) is 0 Å². The van der Waals surface area contributed by atoms with Gasteiger partial charge in [-0.05, 0) is 68.1 Å². The van der Waals surface area contributed by atoms with Crippen molar-refractivity contribution in [1.82, 2.24) is 9.80 Å². The summed E-state index contributed by atoms with van der Waals surface area (Å²) in [4.78, 5) is 19.9. The Hall–Kier alpha value is -1.93. The number of aryl methyl sites for hydroxylation is 1. The fraction of sp³-hybridized carbons (Fsp3) is 0.609. The van der Waals surface area contributed by atoms with Crippen molar-refractivity contribution in [3.63, 3.8) is 0 Å². The molecule has 4 rings (SSSR count). The molecule has 8 heteroatoms. The Morgan fingerprint density at radius 3 is 2.65 bits per heavy atom. The van der Waals surface area contributed by atoms with E-state index in [-0.39, 0.29) is 22.6 Å². The predicted molar refractivity (Wildman–Crippen MR) is 124 cm³/mol. The topological polar surface area (TPSA) is 54.5 Å². The lowest BCUT2D eigenvalue weighted by Crippen LogP contribution is -2.56. The molecule has 1 aromatic rings. The number of likely N-dealkylation sites (N-methyl/N-ethyl adjacent to an activating group) is 1. The number of ether oxygens (including phenoxy) is 3. The summed E-state index contributed by atoms with van der Waals surface area (Å²) in [5.41, 5.74) is 3.71. The predicted octanol–water partition coefficient (Wildman–Crippen LogP) is 3.71. The van der Waals surface area contributed by atoms with E-state index in [2.05, 4.69) is 40.7 Å². The molecule has 0 aliphatic carbocycles. The molecule has 1 aromatic carbocycles. The lowest BCUT2D eigenvalue weighted by atomic mass is 9.97. The number of allylic oxidation sites excluding steroid dienone is 1. The number of carbonyl (C=O) groups excluding carboxylic acids is 1. The van der Waals surface area contributed by atoms with E-state index in [9.17, 15) is 4.79 Å². The zero-order valence-corrected chi connectivity index (χ0v) is 20.8. The van der Waals surface area contributed by atoms with Gasteiger partial charge in [0.25, 0.3) is 5.91 Å². The third-order valence-corrected chi connectivity index (χ3v) is 7.18. The zero-order valence-electron chi connectivity index (χ0n) is 19.2. The van der Waals surface area contributed by atoms with Crippen LogP contribution in [0.25, 0.3) is 0 Å². The molecule has 3 aliphatic rings. The van der Waals surface area contributed by atoms with Gasteiger partial charge in [0.1, 0.15) is 5.70 Å². The highest BCUT2D eigenvalue weighted by atomic mass is 79.9. The van der Waals surface area contributed by atoms with Crippen molar-refractivity contribution in [2.24, 2.45) is 0 Å². The zero-order chi connectivity index (χ0) is 22.5. The fourth-order valence-corrected chi connectivity index (χ4v) is 5.31. The molecular weight excluding hydrogens is 462 g/mol. The molecule has 3 aliphatic heterocycles. The van der Waals surface area contributed by atoms with Crippen LogP contribution in [0.2, 0.25) is 0 Å². The van der Waals surface area contributed by atoms with E-state index in [0.717, 1.165) is 35.7 Å². The second kappa shape index (κ2) is 8.20. The molecule has 1 unspecified atom stereocenters. The summed E-state index contributed by atoms with van der Waals surface area (Å²) in [6.07, 6.45) is 1.67. The van der Waals surface area contributed by atoms with Crippen LogP contribution in [0.5, 0.6) is 11.5 Å². The van der Waals surface area contributed by atoms with E-state index in [4.69, 9.17) is 14.2 Å². The lowest BCUT2D eigenvalue weighted by Gasteiger charge is -2.42. The van der Waals surface area contributed by atoms with Crippen LogP contribution in [0.1, 0.15) is 39.7 Å². The van der Waals surface area contributed by atoms with Crippen molar-refractivity contribution >= 4 is 27.5 Å². The van der Waals surface area contributed by atoms with Crippen LogP contribution in [0, 0.1) is 0 Å². The van der Waals surface area contributed by atoms with Gasteiger partial charge in [0.15, 0.2) is 16.6 Å². The van der Waals surface area contributed by atoms with Gasteiger partial charge in [0.2, 0.25) is 0 Å². The van der Waals surface area contributed by atoms with Crippen molar-refractivity contribution in [2.75, 3.05) is 38.8 Å². The van der Waals surface area contributed by atoms with Crippen LogP contribution >= 0.6 is 15.9 Å². The largest absolute Gasteiger partial charge is 0.493 e. The molecule has 0 aromatic heterocycles. The van der Waals surface area contributed by atoms with E-state index in [0.29, 0.717) is 25.5 Å². The summed E-state index contributed by atoms with van der Waals surface area (Å²) in [6, 6.07) is 4.11. The van der Waals surface area contributed by atoms with Gasteiger partial charge in [-0.3, -0.25) is 4.79 Å². The summed E-state index contributed by atoms with van der Waals surface area (Å²) >= 11 is 3.83. The molecule has 31 heavy (non-hydrogen) atoms. The highest BCUT2D eigenvalue weighted by Crippen LogP contribution is 2.47. The maximum atomic E-state index is 13.7. The van der Waals surface area contributed by atoms with E-state index in [1.165, 1.54) is 5.56 Å². The number of rotatable bonds is 4. The Kier molecular flexibility index (Phi) is 5.89. The molecule has 3 heterocycles. The Balaban J connectivity index is 1.76. The van der Waals surface area contributed by atoms with Crippen LogP contribution in [0.4, 0.5) is 5.69 Å². The number of amides is 1. The van der Waals surface area contributed by atoms with Gasteiger partial charge in [0.05, 0.1) is 43.4 Å². The number of halogens is 1. The molecule has 1 saturated heterocycles. The van der Waals surface area contributed by atoms with Gasteiger partial charge in [0, 0.05) is 19.7 Å². The molecular formula is C23H32BrN3O4. The minimum atomic E-state index is -0.336. The van der Waals surface area contributed by atoms with Crippen molar-refractivity contribution in [3.8, 4) is 11.5 Å². The molecule has 1 atom stereocenters. The van der Waals surface area contributed by atoms with Crippen molar-refractivity contribution in [3.05, 3.63) is 29.1 Å². The average molecular weight is 494 g/mol. The summed E-state index contributed by atoms with van der Waals surface area (Å²) < 4.78 is 17.2. The third-order valence-electron chi connectivity index (χ3n) is 6.16. The number of anilines is 1. The quantitative estimate of drug-likeness (QED) is 0.470. The highest BCUT2D eigenvalue weighted by Gasteiger charge is 2.45. The second-order valence-corrected chi connectivity index (χ2v) is 10.0. The Labute approximate surface area is 193 Å². The van der Waals surface area contributed by atoms with Gasteiger partial charge in [-0.1, -0.05) is 0 Å². The number of hydrogen-bond acceptors (Lipinski definition) is 6.